The summed E-state index contributed by atoms with van der Waals surface area (Å²) in [6, 6.07) is 0. The molecular formula is C23H27N8O11PS. The lowest BCUT2D eigenvalue weighted by Gasteiger charge is -2.25. The number of nitrogens with one attached hydrogen (secondary N) is 1. The molecule has 0 aromatic carbocycles. The van der Waals surface area contributed by atoms with E-state index < -0.39 is 84.8 Å². The number of phosphoric ester groups is 1. The Bertz CT molecular complexity index is 1950. The van der Waals surface area contributed by atoms with Crippen molar-refractivity contribution in [2.75, 3.05) is 12.4 Å². The van der Waals surface area contributed by atoms with Gasteiger partial charge in [0.15, 0.2) is 29.3 Å². The highest BCUT2D eigenvalue weighted by atomic mass is 32.2. The lowest BCUT2D eigenvalue weighted by atomic mass is 9.99. The number of nitrogens with zero attached hydrogens (tertiary/aromatic N) is 7. The lowest BCUT2D eigenvalue weighted by Crippen LogP contribution is -2.39. The Balaban J connectivity index is 1.21. The van der Waals surface area contributed by atoms with Gasteiger partial charge in [0.1, 0.15) is 42.1 Å². The second-order valence-corrected chi connectivity index (χ2v) is 13.9. The number of hydrogen-bond acceptors (Lipinski definition) is 15. The highest BCUT2D eigenvalue weighted by Gasteiger charge is 2.52. The van der Waals surface area contributed by atoms with Crippen molar-refractivity contribution in [1.29, 1.82) is 0 Å². The van der Waals surface area contributed by atoms with Crippen LogP contribution >= 0.6 is 7.82 Å². The number of phosphoric acid groups is 1. The molecule has 2 bridgehead atoms. The summed E-state index contributed by atoms with van der Waals surface area (Å²) in [5.74, 6) is -0.862. The number of imidazole rings is 2. The van der Waals surface area contributed by atoms with E-state index in [1.54, 1.807) is 13.8 Å². The van der Waals surface area contributed by atoms with Crippen molar-refractivity contribution in [1.82, 2.24) is 39.0 Å². The van der Waals surface area contributed by atoms with Crippen LogP contribution in [0.4, 0.5) is 0 Å². The molecule has 19 nitrogen and oxygen atoms in total. The smallest absolute Gasteiger partial charge is 0.386 e. The van der Waals surface area contributed by atoms with Crippen LogP contribution in [0, 0.1) is 12.8 Å². The number of H-pyrrole nitrogens is 1. The molecule has 0 amide bonds. The molecule has 3 aliphatic heterocycles. The molecule has 7 rings (SSSR count). The van der Waals surface area contributed by atoms with Gasteiger partial charge < -0.3 is 24.5 Å². The van der Waals surface area contributed by atoms with Gasteiger partial charge in [0.25, 0.3) is 15.7 Å². The Labute approximate surface area is 247 Å². The maximum absolute atomic E-state index is 13.3. The molecule has 3 fully saturated rings. The first-order valence-electron chi connectivity index (χ1n) is 13.5. The number of aryl methyl sites for hydroxylation is 1. The van der Waals surface area contributed by atoms with E-state index in [1.165, 1.54) is 34.3 Å². The molecule has 21 heteroatoms. The monoisotopic (exact) mass is 654 g/mol. The summed E-state index contributed by atoms with van der Waals surface area (Å²) in [7, 11) is -9.20. The van der Waals surface area contributed by atoms with Crippen molar-refractivity contribution in [2.45, 2.75) is 63.2 Å². The average Bonchev–Trinajstić information content (AvgIpc) is 3.72. The minimum Gasteiger partial charge on any atom is -0.386 e. The highest BCUT2D eigenvalue weighted by Crippen LogP contribution is 2.52. The van der Waals surface area contributed by atoms with Crippen molar-refractivity contribution >= 4 is 40.3 Å². The molecule has 3 N–H and O–H groups in total. The van der Waals surface area contributed by atoms with Crippen LogP contribution in [-0.4, -0.2) is 100 Å². The third-order valence-electron chi connectivity index (χ3n) is 7.91. The molecule has 44 heavy (non-hydrogen) atoms. The van der Waals surface area contributed by atoms with E-state index in [4.69, 9.17) is 22.7 Å². The number of aliphatic hydroxyl groups excluding tert-OH is 1. The maximum Gasteiger partial charge on any atom is 0.472 e. The van der Waals surface area contributed by atoms with Crippen molar-refractivity contribution in [3.63, 3.8) is 0 Å². The van der Waals surface area contributed by atoms with Gasteiger partial charge in [-0.1, -0.05) is 6.92 Å². The van der Waals surface area contributed by atoms with Crippen LogP contribution in [0.25, 0.3) is 22.3 Å². The predicted octanol–water partition coefficient (Wildman–Crippen LogP) is -0.319. The summed E-state index contributed by atoms with van der Waals surface area (Å²) in [6.45, 7) is 2.55. The standard InChI is InChI=1S/C23H27N8O11PS/c1-10-13-3-4-44(36,37)42-18-14(40-22(16(18)32)30-8-26-12-5-24-7-25-19(12)30)6-38-43(34,35)41-17(10)23(39-13)31-9-27-15-20(31)28-11(2)29-21(15)33/h5,7-10,13-14,16-18,22-23,32H,3-4,6H2,1-2H3,(H,34,35)(H,28,29,33). The van der Waals surface area contributed by atoms with E-state index in [2.05, 4.69) is 29.9 Å². The molecule has 9 atom stereocenters. The van der Waals surface area contributed by atoms with Crippen LogP contribution in [0.5, 0.6) is 0 Å². The summed E-state index contributed by atoms with van der Waals surface area (Å²) >= 11 is 0. The van der Waals surface area contributed by atoms with Crippen LogP contribution < -0.4 is 5.56 Å². The number of rotatable bonds is 2. The normalized spacial score (nSPS) is 36.1. The fraction of sp³-hybridized carbons (Fsp3) is 0.565. The molecule has 0 aliphatic carbocycles. The number of aromatic amines is 1. The van der Waals surface area contributed by atoms with Gasteiger partial charge in [-0.3, -0.25) is 27.2 Å². The Hall–Kier alpha value is -3.20. The summed E-state index contributed by atoms with van der Waals surface area (Å²) in [5.41, 5.74) is 0.352. The van der Waals surface area contributed by atoms with Crippen molar-refractivity contribution in [2.24, 2.45) is 5.92 Å². The minimum absolute atomic E-state index is 0.0116. The van der Waals surface area contributed by atoms with Crippen LogP contribution in [0.2, 0.25) is 0 Å². The van der Waals surface area contributed by atoms with Gasteiger partial charge in [-0.05, 0) is 13.3 Å². The summed E-state index contributed by atoms with van der Waals surface area (Å²) < 4.78 is 71.0. The van der Waals surface area contributed by atoms with E-state index in [-0.39, 0.29) is 17.6 Å². The summed E-state index contributed by atoms with van der Waals surface area (Å²) in [4.78, 5) is 46.4. The zero-order valence-electron chi connectivity index (χ0n) is 23.1. The Morgan fingerprint density at radius 1 is 1.07 bits per heavy atom. The highest BCUT2D eigenvalue weighted by molar-refractivity contribution is 7.86. The van der Waals surface area contributed by atoms with Gasteiger partial charge in [0, 0.05) is 5.92 Å². The number of aliphatic hydroxyl groups is 1. The van der Waals surface area contributed by atoms with Crippen LogP contribution in [0.1, 0.15) is 31.6 Å². The van der Waals surface area contributed by atoms with Crippen molar-refractivity contribution < 1.29 is 45.7 Å². The largest absolute Gasteiger partial charge is 0.472 e. The van der Waals surface area contributed by atoms with E-state index in [9.17, 15) is 27.8 Å². The third-order valence-corrected chi connectivity index (χ3v) is 10.2. The van der Waals surface area contributed by atoms with Crippen LogP contribution in [0.3, 0.4) is 0 Å². The third kappa shape index (κ3) is 5.15. The number of fused-ring (bicyclic) bond motifs is 5. The number of ether oxygens (including phenoxy) is 2. The fourth-order valence-electron chi connectivity index (χ4n) is 5.78. The van der Waals surface area contributed by atoms with Crippen molar-refractivity contribution in [3.05, 3.63) is 41.4 Å². The quantitative estimate of drug-likeness (QED) is 0.185. The van der Waals surface area contributed by atoms with Gasteiger partial charge in [0.2, 0.25) is 0 Å². The van der Waals surface area contributed by atoms with Gasteiger partial charge >= 0.3 is 7.82 Å². The summed E-state index contributed by atoms with van der Waals surface area (Å²) in [5, 5.41) is 11.2. The Morgan fingerprint density at radius 3 is 2.64 bits per heavy atom. The van der Waals surface area contributed by atoms with Crippen molar-refractivity contribution in [3.8, 4) is 0 Å². The molecule has 4 aromatic rings. The van der Waals surface area contributed by atoms with E-state index in [1.807, 2.05) is 0 Å². The van der Waals surface area contributed by atoms with Crippen LogP contribution in [-0.2, 0) is 37.4 Å². The molecule has 0 radical (unpaired) electrons. The first-order chi connectivity index (χ1) is 20.9. The average molecular weight is 655 g/mol. The SMILES string of the molecule is Cc1nc2c(ncn2C2OC3CCS(=O)(=O)OC4C(COP(=O)(O)OC2C3C)OC(n2cnc3cncnc32)C4O)c(=O)[nH]1. The minimum atomic E-state index is -4.88. The lowest BCUT2D eigenvalue weighted by molar-refractivity contribution is -0.0584. The van der Waals surface area contributed by atoms with E-state index >= 15 is 0 Å². The Morgan fingerprint density at radius 2 is 1.82 bits per heavy atom. The van der Waals surface area contributed by atoms with Gasteiger partial charge in [-0.25, -0.2) is 29.5 Å². The van der Waals surface area contributed by atoms with E-state index in [0.717, 1.165) is 0 Å². The zero-order valence-corrected chi connectivity index (χ0v) is 24.8. The first-order valence-corrected chi connectivity index (χ1v) is 16.6. The zero-order chi connectivity index (χ0) is 31.0. The predicted molar refractivity (Wildman–Crippen MR) is 145 cm³/mol. The molecule has 3 aliphatic rings. The fourth-order valence-corrected chi connectivity index (χ4v) is 7.97. The number of hydrogen-bond donors (Lipinski definition) is 3. The molecule has 9 unspecified atom stereocenters. The van der Waals surface area contributed by atoms with E-state index in [0.29, 0.717) is 17.0 Å². The van der Waals surface area contributed by atoms with Gasteiger partial charge in [-0.15, -0.1) is 0 Å². The molecule has 0 spiro atoms. The second-order valence-electron chi connectivity index (χ2n) is 10.8. The molecule has 3 saturated heterocycles. The Kier molecular flexibility index (Phi) is 7.18. The molecule has 0 saturated carbocycles. The molecular weight excluding hydrogens is 627 g/mol. The topological polar surface area (TPSA) is 245 Å². The first kappa shape index (κ1) is 29.5. The second kappa shape index (κ2) is 10.7. The van der Waals surface area contributed by atoms with Gasteiger partial charge in [-0.2, -0.15) is 8.42 Å². The maximum atomic E-state index is 13.3. The molecule has 7 heterocycles. The van der Waals surface area contributed by atoms with Crippen LogP contribution in [0.15, 0.2) is 30.0 Å². The van der Waals surface area contributed by atoms with Gasteiger partial charge in [0.05, 0.1) is 37.3 Å². The number of aromatic nitrogens is 8. The molecule has 236 valence electrons. The summed E-state index contributed by atoms with van der Waals surface area (Å²) in [6.07, 6.45) is -3.49. The molecule has 4 aromatic heterocycles.